The molecule has 2 rings (SSSR count). The van der Waals surface area contributed by atoms with Crippen LogP contribution < -0.4 is 4.90 Å². The molecule has 1 aliphatic rings. The third-order valence-electron chi connectivity index (χ3n) is 3.48. The molecule has 0 aliphatic carbocycles. The quantitative estimate of drug-likeness (QED) is 0.677. The van der Waals surface area contributed by atoms with Crippen LogP contribution in [0.5, 0.6) is 0 Å². The maximum absolute atomic E-state index is 11.1. The number of nitro benzene ring substituents is 1. The predicted molar refractivity (Wildman–Crippen MR) is 78.5 cm³/mol. The van der Waals surface area contributed by atoms with Crippen LogP contribution in [0.25, 0.3) is 0 Å². The van der Waals surface area contributed by atoms with Gasteiger partial charge in [-0.05, 0) is 19.0 Å². The van der Waals surface area contributed by atoms with Gasteiger partial charge in [-0.25, -0.2) is 0 Å². The van der Waals surface area contributed by atoms with E-state index in [1.165, 1.54) is 6.07 Å². The van der Waals surface area contributed by atoms with Crippen LogP contribution in [-0.4, -0.2) is 54.3 Å². The Kier molecular flexibility index (Phi) is 5.17. The zero-order chi connectivity index (χ0) is 14.5. The van der Waals surface area contributed by atoms with Crippen molar-refractivity contribution in [2.75, 3.05) is 44.2 Å². The summed E-state index contributed by atoms with van der Waals surface area (Å²) in [6, 6.07) is 4.76. The van der Waals surface area contributed by atoms with Gasteiger partial charge in [-0.15, -0.1) is 0 Å². The molecular weight excluding hydrogens is 282 g/mol. The first-order valence-electron chi connectivity index (χ1n) is 6.64. The van der Waals surface area contributed by atoms with Gasteiger partial charge in [0.2, 0.25) is 0 Å². The zero-order valence-corrected chi connectivity index (χ0v) is 11.9. The van der Waals surface area contributed by atoms with E-state index in [-0.39, 0.29) is 12.3 Å². The molecule has 0 aromatic heterocycles. The molecule has 1 aromatic carbocycles. The van der Waals surface area contributed by atoms with Crippen LogP contribution in [-0.2, 0) is 0 Å². The highest BCUT2D eigenvalue weighted by Gasteiger charge is 2.24. The van der Waals surface area contributed by atoms with Gasteiger partial charge in [-0.1, -0.05) is 17.7 Å². The monoisotopic (exact) mass is 299 g/mol. The van der Waals surface area contributed by atoms with Gasteiger partial charge in [-0.3, -0.25) is 15.0 Å². The third-order valence-corrected chi connectivity index (χ3v) is 3.79. The molecule has 0 unspecified atom stereocenters. The van der Waals surface area contributed by atoms with Gasteiger partial charge in [0.05, 0.1) is 16.6 Å². The molecule has 0 bridgehead atoms. The fourth-order valence-corrected chi connectivity index (χ4v) is 2.81. The van der Waals surface area contributed by atoms with Crippen molar-refractivity contribution in [1.82, 2.24) is 4.90 Å². The molecule has 0 saturated carbocycles. The average Bonchev–Trinajstić information content (AvgIpc) is 2.64. The second kappa shape index (κ2) is 6.88. The largest absolute Gasteiger partial charge is 0.395 e. The van der Waals surface area contributed by atoms with Crippen molar-refractivity contribution in [2.24, 2.45) is 0 Å². The molecule has 0 radical (unpaired) electrons. The fourth-order valence-electron chi connectivity index (χ4n) is 2.52. The highest BCUT2D eigenvalue weighted by Crippen LogP contribution is 2.35. The summed E-state index contributed by atoms with van der Waals surface area (Å²) in [5.74, 6) is 0. The van der Waals surface area contributed by atoms with Crippen LogP contribution in [0.15, 0.2) is 18.2 Å². The summed E-state index contributed by atoms with van der Waals surface area (Å²) in [6.07, 6.45) is 0.891. The molecule has 6 nitrogen and oxygen atoms in total. The van der Waals surface area contributed by atoms with Gasteiger partial charge in [0, 0.05) is 32.2 Å². The summed E-state index contributed by atoms with van der Waals surface area (Å²) in [5, 5.41) is 20.5. The molecule has 1 N–H and O–H groups in total. The van der Waals surface area contributed by atoms with E-state index in [9.17, 15) is 10.1 Å². The summed E-state index contributed by atoms with van der Waals surface area (Å²) < 4.78 is 0. The standard InChI is InChI=1S/C13H18ClN3O3/c14-11-3-1-4-12(17(19)20)13(11)16-6-2-5-15(7-8-16)9-10-18/h1,3-4,18H,2,5-10H2. The highest BCUT2D eigenvalue weighted by atomic mass is 35.5. The number of halogens is 1. The number of hydrogen-bond acceptors (Lipinski definition) is 5. The predicted octanol–water partition coefficient (Wildman–Crippen LogP) is 1.75. The molecule has 110 valence electrons. The van der Waals surface area contributed by atoms with Gasteiger partial charge in [0.25, 0.3) is 5.69 Å². The Morgan fingerprint density at radius 2 is 2.10 bits per heavy atom. The van der Waals surface area contributed by atoms with Crippen LogP contribution in [0.4, 0.5) is 11.4 Å². The molecule has 0 amide bonds. The van der Waals surface area contributed by atoms with Gasteiger partial charge in [0.15, 0.2) is 0 Å². The molecule has 1 fully saturated rings. The van der Waals surface area contributed by atoms with Crippen LogP contribution in [0, 0.1) is 10.1 Å². The van der Waals surface area contributed by atoms with E-state index in [0.717, 1.165) is 26.1 Å². The van der Waals surface area contributed by atoms with Gasteiger partial charge in [0.1, 0.15) is 5.69 Å². The Labute approximate surface area is 122 Å². The minimum Gasteiger partial charge on any atom is -0.395 e. The summed E-state index contributed by atoms with van der Waals surface area (Å²) in [5.41, 5.74) is 0.554. The highest BCUT2D eigenvalue weighted by molar-refractivity contribution is 6.33. The summed E-state index contributed by atoms with van der Waals surface area (Å²) in [6.45, 7) is 3.82. The van der Waals surface area contributed by atoms with Crippen molar-refractivity contribution in [1.29, 1.82) is 0 Å². The van der Waals surface area contributed by atoms with Crippen LogP contribution >= 0.6 is 11.6 Å². The van der Waals surface area contributed by atoms with Crippen molar-refractivity contribution in [3.05, 3.63) is 33.3 Å². The van der Waals surface area contributed by atoms with Crippen LogP contribution in [0.1, 0.15) is 6.42 Å². The lowest BCUT2D eigenvalue weighted by Crippen LogP contribution is -2.32. The van der Waals surface area contributed by atoms with Crippen molar-refractivity contribution < 1.29 is 10.0 Å². The number of benzene rings is 1. The Bertz CT molecular complexity index is 484. The number of rotatable bonds is 4. The lowest BCUT2D eigenvalue weighted by Gasteiger charge is -2.24. The maximum Gasteiger partial charge on any atom is 0.294 e. The fraction of sp³-hybridized carbons (Fsp3) is 0.538. The minimum absolute atomic E-state index is 0.0492. The molecule has 1 heterocycles. The number of β-amino-alcohol motifs (C(OH)–C–C–N with tert-alkyl or cyclic N) is 1. The van der Waals surface area contributed by atoms with E-state index in [4.69, 9.17) is 16.7 Å². The van der Waals surface area contributed by atoms with Gasteiger partial charge in [-0.2, -0.15) is 0 Å². The number of anilines is 1. The first-order chi connectivity index (χ1) is 9.63. The molecule has 0 atom stereocenters. The lowest BCUT2D eigenvalue weighted by atomic mass is 10.2. The number of hydrogen-bond donors (Lipinski definition) is 1. The normalized spacial score (nSPS) is 17.0. The SMILES string of the molecule is O=[N+]([O-])c1cccc(Cl)c1N1CCCN(CCO)CC1. The van der Waals surface area contributed by atoms with E-state index < -0.39 is 4.92 Å². The third kappa shape index (κ3) is 3.39. The number of aliphatic hydroxyl groups excluding tert-OH is 1. The van der Waals surface area contributed by atoms with E-state index in [2.05, 4.69) is 4.90 Å². The van der Waals surface area contributed by atoms with Gasteiger partial charge >= 0.3 is 0 Å². The van der Waals surface area contributed by atoms with Crippen molar-refractivity contribution in [3.63, 3.8) is 0 Å². The number of nitro groups is 1. The number of nitrogens with zero attached hydrogens (tertiary/aromatic N) is 3. The number of para-hydroxylation sites is 1. The zero-order valence-electron chi connectivity index (χ0n) is 11.2. The second-order valence-electron chi connectivity index (χ2n) is 4.77. The Hall–Kier alpha value is -1.37. The van der Waals surface area contributed by atoms with Crippen molar-refractivity contribution in [2.45, 2.75) is 6.42 Å². The molecule has 1 aromatic rings. The summed E-state index contributed by atoms with van der Waals surface area (Å²) >= 11 is 6.16. The molecule has 1 saturated heterocycles. The van der Waals surface area contributed by atoms with E-state index in [1.807, 2.05) is 4.90 Å². The Balaban J connectivity index is 2.21. The molecule has 7 heteroatoms. The first-order valence-corrected chi connectivity index (χ1v) is 7.02. The summed E-state index contributed by atoms with van der Waals surface area (Å²) in [4.78, 5) is 14.9. The lowest BCUT2D eigenvalue weighted by molar-refractivity contribution is -0.384. The van der Waals surface area contributed by atoms with E-state index in [1.54, 1.807) is 12.1 Å². The first kappa shape index (κ1) is 15.0. The maximum atomic E-state index is 11.1. The topological polar surface area (TPSA) is 69.9 Å². The van der Waals surface area contributed by atoms with E-state index in [0.29, 0.717) is 23.8 Å². The second-order valence-corrected chi connectivity index (χ2v) is 5.18. The minimum atomic E-state index is -0.391. The molecule has 20 heavy (non-hydrogen) atoms. The van der Waals surface area contributed by atoms with Crippen LogP contribution in [0.2, 0.25) is 5.02 Å². The summed E-state index contributed by atoms with van der Waals surface area (Å²) in [7, 11) is 0. The van der Waals surface area contributed by atoms with E-state index >= 15 is 0 Å². The van der Waals surface area contributed by atoms with Crippen molar-refractivity contribution >= 4 is 23.0 Å². The Morgan fingerprint density at radius 1 is 1.30 bits per heavy atom. The smallest absolute Gasteiger partial charge is 0.294 e. The van der Waals surface area contributed by atoms with Crippen molar-refractivity contribution in [3.8, 4) is 0 Å². The van der Waals surface area contributed by atoms with Crippen LogP contribution in [0.3, 0.4) is 0 Å². The Morgan fingerprint density at radius 3 is 2.80 bits per heavy atom. The molecular formula is C13H18ClN3O3. The average molecular weight is 300 g/mol. The number of aliphatic hydroxyl groups is 1. The molecule has 0 spiro atoms. The van der Waals surface area contributed by atoms with Gasteiger partial charge < -0.3 is 10.0 Å². The molecule has 1 aliphatic heterocycles.